The highest BCUT2D eigenvalue weighted by atomic mass is 16.3. The fourth-order valence-electron chi connectivity index (χ4n) is 3.90. The highest BCUT2D eigenvalue weighted by molar-refractivity contribution is 5.45. The van der Waals surface area contributed by atoms with Gasteiger partial charge in [0.25, 0.3) is 0 Å². The lowest BCUT2D eigenvalue weighted by Crippen LogP contribution is -2.54. The molecule has 2 aromatic carbocycles. The summed E-state index contributed by atoms with van der Waals surface area (Å²) in [6.45, 7) is 6.60. The van der Waals surface area contributed by atoms with Crippen LogP contribution < -0.4 is 5.32 Å². The van der Waals surface area contributed by atoms with Crippen LogP contribution in [0.3, 0.4) is 0 Å². The third kappa shape index (κ3) is 2.24. The van der Waals surface area contributed by atoms with Crippen LogP contribution in [-0.4, -0.2) is 18.2 Å². The predicted molar refractivity (Wildman–Crippen MR) is 86.6 cm³/mol. The van der Waals surface area contributed by atoms with Gasteiger partial charge in [0.05, 0.1) is 0 Å². The second-order valence-electron chi connectivity index (χ2n) is 6.63. The first-order chi connectivity index (χ1) is 10.1. The van der Waals surface area contributed by atoms with Crippen LogP contribution in [0, 0.1) is 5.41 Å². The van der Waals surface area contributed by atoms with Crippen LogP contribution in [0.1, 0.15) is 31.4 Å². The van der Waals surface area contributed by atoms with Gasteiger partial charge in [-0.15, -0.1) is 0 Å². The molecule has 3 rings (SSSR count). The monoisotopic (exact) mass is 281 g/mol. The first-order valence-electron chi connectivity index (χ1n) is 7.62. The minimum Gasteiger partial charge on any atom is -0.508 e. The van der Waals surface area contributed by atoms with Crippen molar-refractivity contribution in [2.45, 2.75) is 25.7 Å². The zero-order chi connectivity index (χ0) is 14.9. The van der Waals surface area contributed by atoms with E-state index in [0.717, 1.165) is 19.5 Å². The van der Waals surface area contributed by atoms with Crippen LogP contribution in [0.5, 0.6) is 5.75 Å². The van der Waals surface area contributed by atoms with Gasteiger partial charge in [-0.25, -0.2) is 0 Å². The molecular formula is C19H23NO. The van der Waals surface area contributed by atoms with Crippen molar-refractivity contribution < 1.29 is 5.11 Å². The fraction of sp³-hybridized carbons (Fsp3) is 0.368. The van der Waals surface area contributed by atoms with Crippen molar-refractivity contribution in [3.05, 3.63) is 65.7 Å². The van der Waals surface area contributed by atoms with E-state index in [9.17, 15) is 5.11 Å². The molecule has 1 heterocycles. The summed E-state index contributed by atoms with van der Waals surface area (Å²) in [6, 6.07) is 18.5. The molecule has 1 atom stereocenters. The number of phenols is 1. The molecule has 2 N–H and O–H groups in total. The molecule has 0 amide bonds. The Morgan fingerprint density at radius 2 is 1.67 bits per heavy atom. The van der Waals surface area contributed by atoms with Crippen molar-refractivity contribution in [1.29, 1.82) is 0 Å². The van der Waals surface area contributed by atoms with E-state index in [1.165, 1.54) is 11.1 Å². The van der Waals surface area contributed by atoms with E-state index in [1.54, 1.807) is 6.07 Å². The van der Waals surface area contributed by atoms with Gasteiger partial charge in [0, 0.05) is 12.0 Å². The van der Waals surface area contributed by atoms with Crippen LogP contribution in [0.15, 0.2) is 54.6 Å². The fourth-order valence-corrected chi connectivity index (χ4v) is 3.90. The average Bonchev–Trinajstić information content (AvgIpc) is 2.48. The molecule has 2 aromatic rings. The molecule has 21 heavy (non-hydrogen) atoms. The van der Waals surface area contributed by atoms with E-state index in [2.05, 4.69) is 55.6 Å². The highest BCUT2D eigenvalue weighted by Gasteiger charge is 2.49. The van der Waals surface area contributed by atoms with Crippen molar-refractivity contribution in [2.24, 2.45) is 5.41 Å². The molecule has 1 aliphatic heterocycles. The summed E-state index contributed by atoms with van der Waals surface area (Å²) >= 11 is 0. The number of nitrogens with one attached hydrogen (secondary N) is 1. The second-order valence-corrected chi connectivity index (χ2v) is 6.63. The number of rotatable bonds is 2. The molecular weight excluding hydrogens is 258 g/mol. The number of piperidine rings is 1. The lowest BCUT2D eigenvalue weighted by atomic mass is 9.55. The molecule has 0 saturated carbocycles. The Morgan fingerprint density at radius 3 is 2.33 bits per heavy atom. The highest BCUT2D eigenvalue weighted by Crippen LogP contribution is 2.51. The predicted octanol–water partition coefficient (Wildman–Crippen LogP) is 3.70. The van der Waals surface area contributed by atoms with Crippen molar-refractivity contribution in [3.8, 4) is 5.75 Å². The molecule has 0 aliphatic carbocycles. The molecule has 0 aromatic heterocycles. The van der Waals surface area contributed by atoms with Crippen molar-refractivity contribution in [2.75, 3.05) is 13.1 Å². The number of hydrogen-bond acceptors (Lipinski definition) is 2. The first-order valence-corrected chi connectivity index (χ1v) is 7.62. The standard InChI is InChI=1S/C19H23NO/c1-18(2)14-20-12-11-19(18,15-7-4-3-5-8-15)16-9-6-10-17(21)13-16/h3-10,13,20-21H,11-12,14H2,1-2H3. The quantitative estimate of drug-likeness (QED) is 0.879. The summed E-state index contributed by atoms with van der Waals surface area (Å²) in [4.78, 5) is 0. The van der Waals surface area contributed by atoms with Crippen molar-refractivity contribution >= 4 is 0 Å². The number of phenolic OH excluding ortho intramolecular Hbond substituents is 1. The molecule has 1 saturated heterocycles. The largest absolute Gasteiger partial charge is 0.508 e. The molecule has 1 aliphatic rings. The number of hydrogen-bond donors (Lipinski definition) is 2. The van der Waals surface area contributed by atoms with Crippen molar-refractivity contribution in [1.82, 2.24) is 5.32 Å². The third-order valence-corrected chi connectivity index (χ3v) is 5.00. The van der Waals surface area contributed by atoms with Gasteiger partial charge in [0.15, 0.2) is 0 Å². The second kappa shape index (κ2) is 5.19. The first kappa shape index (κ1) is 14.2. The van der Waals surface area contributed by atoms with Gasteiger partial charge in [-0.05, 0) is 41.6 Å². The molecule has 1 fully saturated rings. The zero-order valence-corrected chi connectivity index (χ0v) is 12.8. The lowest BCUT2D eigenvalue weighted by Gasteiger charge is -2.51. The van der Waals surface area contributed by atoms with Crippen LogP contribution >= 0.6 is 0 Å². The maximum absolute atomic E-state index is 9.96. The molecule has 2 heteroatoms. The Morgan fingerprint density at radius 1 is 0.952 bits per heavy atom. The Hall–Kier alpha value is -1.80. The van der Waals surface area contributed by atoms with E-state index in [4.69, 9.17) is 0 Å². The lowest BCUT2D eigenvalue weighted by molar-refractivity contribution is 0.145. The number of aromatic hydroxyl groups is 1. The maximum atomic E-state index is 9.96. The molecule has 1 unspecified atom stereocenters. The van der Waals surface area contributed by atoms with Gasteiger partial charge in [-0.2, -0.15) is 0 Å². The summed E-state index contributed by atoms with van der Waals surface area (Å²) in [6.07, 6.45) is 1.04. The van der Waals surface area contributed by atoms with Crippen LogP contribution in [0.2, 0.25) is 0 Å². The summed E-state index contributed by atoms with van der Waals surface area (Å²) < 4.78 is 0. The molecule has 2 nitrogen and oxygen atoms in total. The van der Waals surface area contributed by atoms with Gasteiger partial charge in [-0.3, -0.25) is 0 Å². The third-order valence-electron chi connectivity index (χ3n) is 5.00. The van der Waals surface area contributed by atoms with Crippen LogP contribution in [0.4, 0.5) is 0 Å². The maximum Gasteiger partial charge on any atom is 0.115 e. The molecule has 110 valence electrons. The Bertz CT molecular complexity index is 620. The van der Waals surface area contributed by atoms with Crippen molar-refractivity contribution in [3.63, 3.8) is 0 Å². The summed E-state index contributed by atoms with van der Waals surface area (Å²) in [5.41, 5.74) is 2.54. The Balaban J connectivity index is 2.25. The molecule has 0 radical (unpaired) electrons. The molecule has 0 bridgehead atoms. The van der Waals surface area contributed by atoms with Gasteiger partial charge < -0.3 is 10.4 Å². The van der Waals surface area contributed by atoms with E-state index in [-0.39, 0.29) is 10.8 Å². The molecule has 0 spiro atoms. The Labute approximate surface area is 126 Å². The van der Waals surface area contributed by atoms with Crippen LogP contribution in [0.25, 0.3) is 0 Å². The van der Waals surface area contributed by atoms with E-state index in [1.807, 2.05) is 12.1 Å². The van der Waals surface area contributed by atoms with Gasteiger partial charge >= 0.3 is 0 Å². The Kier molecular flexibility index (Phi) is 3.50. The SMILES string of the molecule is CC1(C)CNCCC1(c1ccccc1)c1cccc(O)c1. The topological polar surface area (TPSA) is 32.3 Å². The van der Waals surface area contributed by atoms with Gasteiger partial charge in [0.1, 0.15) is 5.75 Å². The number of benzene rings is 2. The van der Waals surface area contributed by atoms with E-state index >= 15 is 0 Å². The summed E-state index contributed by atoms with van der Waals surface area (Å²) in [5, 5.41) is 13.5. The van der Waals surface area contributed by atoms with E-state index in [0.29, 0.717) is 5.75 Å². The van der Waals surface area contributed by atoms with Gasteiger partial charge in [0.2, 0.25) is 0 Å². The van der Waals surface area contributed by atoms with Gasteiger partial charge in [-0.1, -0.05) is 56.3 Å². The normalized spacial score (nSPS) is 24.7. The summed E-state index contributed by atoms with van der Waals surface area (Å²) in [7, 11) is 0. The smallest absolute Gasteiger partial charge is 0.115 e. The average molecular weight is 281 g/mol. The minimum absolute atomic E-state index is 0.0698. The van der Waals surface area contributed by atoms with Crippen LogP contribution in [-0.2, 0) is 5.41 Å². The zero-order valence-electron chi connectivity index (χ0n) is 12.8. The van der Waals surface area contributed by atoms with E-state index < -0.39 is 0 Å². The minimum atomic E-state index is -0.0712. The summed E-state index contributed by atoms with van der Waals surface area (Å²) in [5.74, 6) is 0.345.